The number of aromatic nitrogens is 3. The Balaban J connectivity index is 1.50. The number of aryl methyl sites for hydroxylation is 1. The highest BCUT2D eigenvalue weighted by Gasteiger charge is 2.19. The van der Waals surface area contributed by atoms with Crippen LogP contribution in [0.5, 0.6) is 0 Å². The predicted octanol–water partition coefficient (Wildman–Crippen LogP) is 4.68. The van der Waals surface area contributed by atoms with Gasteiger partial charge >= 0.3 is 0 Å². The lowest BCUT2D eigenvalue weighted by molar-refractivity contribution is 0.0947. The highest BCUT2D eigenvalue weighted by molar-refractivity contribution is 6.30. The number of amides is 1. The Hall–Kier alpha value is -2.67. The van der Waals surface area contributed by atoms with E-state index in [4.69, 9.17) is 11.6 Å². The molecule has 2 aromatic heterocycles. The van der Waals surface area contributed by atoms with Crippen LogP contribution in [0.15, 0.2) is 30.7 Å². The third-order valence-electron chi connectivity index (χ3n) is 5.71. The van der Waals surface area contributed by atoms with Gasteiger partial charge in [0.25, 0.3) is 5.91 Å². The molecule has 1 aromatic carbocycles. The fraction of sp³-hybridized carbons (Fsp3) is 0.409. The van der Waals surface area contributed by atoms with Gasteiger partial charge < -0.3 is 15.2 Å². The van der Waals surface area contributed by atoms with E-state index in [2.05, 4.69) is 20.6 Å². The molecule has 1 aliphatic rings. The molecular weight excluding hydrogens is 405 g/mol. The van der Waals surface area contributed by atoms with Crippen molar-refractivity contribution in [3.05, 3.63) is 52.8 Å². The number of nitrogens with zero attached hydrogens (tertiary/aromatic N) is 3. The van der Waals surface area contributed by atoms with Crippen molar-refractivity contribution in [1.29, 1.82) is 0 Å². The zero-order valence-corrected chi connectivity index (χ0v) is 17.7. The zero-order chi connectivity index (χ0) is 21.1. The van der Waals surface area contributed by atoms with E-state index in [1.807, 2.05) is 17.8 Å². The second kappa shape index (κ2) is 9.00. The van der Waals surface area contributed by atoms with Crippen LogP contribution >= 0.6 is 11.6 Å². The number of fused-ring (bicyclic) bond motifs is 1. The van der Waals surface area contributed by atoms with E-state index < -0.39 is 5.82 Å². The van der Waals surface area contributed by atoms with Gasteiger partial charge in [0.05, 0.1) is 10.7 Å². The first kappa shape index (κ1) is 20.6. The SMILES string of the molecule is Cn1cc(NCC2CCCCC2)c2ncnc(C(=O)NCc3ccc(F)c(Cl)c3)c21. The van der Waals surface area contributed by atoms with Crippen molar-refractivity contribution in [3.8, 4) is 0 Å². The lowest BCUT2D eigenvalue weighted by atomic mass is 9.89. The quantitative estimate of drug-likeness (QED) is 0.596. The fourth-order valence-electron chi connectivity index (χ4n) is 4.09. The molecule has 4 rings (SSSR count). The van der Waals surface area contributed by atoms with Crippen molar-refractivity contribution < 1.29 is 9.18 Å². The number of anilines is 1. The molecule has 1 aliphatic carbocycles. The van der Waals surface area contributed by atoms with Gasteiger partial charge in [0.1, 0.15) is 23.2 Å². The number of rotatable bonds is 6. The lowest BCUT2D eigenvalue weighted by Crippen LogP contribution is -2.24. The fourth-order valence-corrected chi connectivity index (χ4v) is 4.29. The summed E-state index contributed by atoms with van der Waals surface area (Å²) in [5.74, 6) is -0.120. The van der Waals surface area contributed by atoms with Crippen molar-refractivity contribution in [2.75, 3.05) is 11.9 Å². The first-order chi connectivity index (χ1) is 14.5. The number of benzene rings is 1. The minimum atomic E-state index is -0.485. The normalized spacial score (nSPS) is 14.8. The largest absolute Gasteiger partial charge is 0.382 e. The van der Waals surface area contributed by atoms with Crippen LogP contribution in [-0.4, -0.2) is 27.0 Å². The van der Waals surface area contributed by atoms with Crippen LogP contribution in [0.2, 0.25) is 5.02 Å². The molecule has 0 atom stereocenters. The van der Waals surface area contributed by atoms with E-state index in [0.29, 0.717) is 22.7 Å². The Bertz CT molecular complexity index is 1060. The summed E-state index contributed by atoms with van der Waals surface area (Å²) >= 11 is 5.81. The van der Waals surface area contributed by atoms with Crippen molar-refractivity contribution >= 4 is 34.2 Å². The summed E-state index contributed by atoms with van der Waals surface area (Å²) in [6, 6.07) is 4.38. The monoisotopic (exact) mass is 429 g/mol. The average Bonchev–Trinajstić information content (AvgIpc) is 3.09. The van der Waals surface area contributed by atoms with Crippen molar-refractivity contribution in [3.63, 3.8) is 0 Å². The summed E-state index contributed by atoms with van der Waals surface area (Å²) in [5, 5.41) is 6.38. The van der Waals surface area contributed by atoms with Gasteiger partial charge in [0.2, 0.25) is 0 Å². The highest BCUT2D eigenvalue weighted by atomic mass is 35.5. The number of hydrogen-bond donors (Lipinski definition) is 2. The average molecular weight is 430 g/mol. The molecule has 0 bridgehead atoms. The van der Waals surface area contributed by atoms with Gasteiger partial charge in [-0.25, -0.2) is 14.4 Å². The molecule has 0 spiro atoms. The minimum absolute atomic E-state index is 0.0299. The minimum Gasteiger partial charge on any atom is -0.382 e. The Labute approximate surface area is 179 Å². The molecule has 0 unspecified atom stereocenters. The van der Waals surface area contributed by atoms with Crippen LogP contribution in [0.3, 0.4) is 0 Å². The van der Waals surface area contributed by atoms with Gasteiger partial charge in [-0.2, -0.15) is 0 Å². The van der Waals surface area contributed by atoms with Gasteiger partial charge in [-0.1, -0.05) is 36.9 Å². The van der Waals surface area contributed by atoms with Crippen LogP contribution in [0.25, 0.3) is 11.0 Å². The molecule has 1 saturated carbocycles. The number of halogens is 2. The van der Waals surface area contributed by atoms with Crippen LogP contribution in [0.4, 0.5) is 10.1 Å². The molecule has 158 valence electrons. The molecule has 2 heterocycles. The summed E-state index contributed by atoms with van der Waals surface area (Å²) in [6.45, 7) is 1.14. The molecule has 3 aromatic rings. The molecule has 8 heteroatoms. The maximum absolute atomic E-state index is 13.3. The molecular formula is C22H25ClFN5O. The topological polar surface area (TPSA) is 71.8 Å². The molecule has 2 N–H and O–H groups in total. The van der Waals surface area contributed by atoms with Crippen molar-refractivity contribution in [2.24, 2.45) is 13.0 Å². The molecule has 0 saturated heterocycles. The number of carbonyl (C=O) groups excluding carboxylic acids is 1. The predicted molar refractivity (Wildman–Crippen MR) is 116 cm³/mol. The molecule has 0 aliphatic heterocycles. The lowest BCUT2D eigenvalue weighted by Gasteiger charge is -2.21. The Kier molecular flexibility index (Phi) is 6.18. The molecule has 6 nitrogen and oxygen atoms in total. The number of hydrogen-bond acceptors (Lipinski definition) is 4. The zero-order valence-electron chi connectivity index (χ0n) is 16.9. The van der Waals surface area contributed by atoms with E-state index >= 15 is 0 Å². The van der Waals surface area contributed by atoms with E-state index in [-0.39, 0.29) is 17.5 Å². The van der Waals surface area contributed by atoms with Crippen molar-refractivity contribution in [2.45, 2.75) is 38.6 Å². The highest BCUT2D eigenvalue weighted by Crippen LogP contribution is 2.28. The smallest absolute Gasteiger partial charge is 0.272 e. The van der Waals surface area contributed by atoms with E-state index in [1.165, 1.54) is 50.6 Å². The molecule has 0 radical (unpaired) electrons. The van der Waals surface area contributed by atoms with Crippen LogP contribution in [-0.2, 0) is 13.6 Å². The van der Waals surface area contributed by atoms with Crippen LogP contribution in [0, 0.1) is 11.7 Å². The Morgan fingerprint density at radius 2 is 2.07 bits per heavy atom. The number of nitrogens with one attached hydrogen (secondary N) is 2. The first-order valence-corrected chi connectivity index (χ1v) is 10.7. The Morgan fingerprint density at radius 3 is 2.83 bits per heavy atom. The van der Waals surface area contributed by atoms with Crippen LogP contribution in [0.1, 0.15) is 48.2 Å². The third kappa shape index (κ3) is 4.41. The Morgan fingerprint density at radius 1 is 1.27 bits per heavy atom. The second-order valence-corrected chi connectivity index (χ2v) is 8.30. The van der Waals surface area contributed by atoms with Crippen molar-refractivity contribution in [1.82, 2.24) is 19.9 Å². The van der Waals surface area contributed by atoms with Gasteiger partial charge in [-0.05, 0) is 36.5 Å². The van der Waals surface area contributed by atoms with Gasteiger partial charge in [0.15, 0.2) is 5.69 Å². The van der Waals surface area contributed by atoms with Crippen LogP contribution < -0.4 is 10.6 Å². The van der Waals surface area contributed by atoms with Gasteiger partial charge in [0, 0.05) is 26.3 Å². The van der Waals surface area contributed by atoms with Gasteiger partial charge in [-0.3, -0.25) is 4.79 Å². The maximum atomic E-state index is 13.3. The summed E-state index contributed by atoms with van der Waals surface area (Å²) in [6.07, 6.45) is 9.82. The number of carbonyl (C=O) groups is 1. The summed E-state index contributed by atoms with van der Waals surface area (Å²) in [4.78, 5) is 21.4. The summed E-state index contributed by atoms with van der Waals surface area (Å²) < 4.78 is 15.2. The first-order valence-electron chi connectivity index (χ1n) is 10.3. The van der Waals surface area contributed by atoms with E-state index in [0.717, 1.165) is 17.7 Å². The van der Waals surface area contributed by atoms with E-state index in [9.17, 15) is 9.18 Å². The maximum Gasteiger partial charge on any atom is 0.272 e. The third-order valence-corrected chi connectivity index (χ3v) is 6.00. The van der Waals surface area contributed by atoms with E-state index in [1.54, 1.807) is 6.07 Å². The molecule has 1 amide bonds. The van der Waals surface area contributed by atoms with Gasteiger partial charge in [-0.15, -0.1) is 0 Å². The summed E-state index contributed by atoms with van der Waals surface area (Å²) in [5.41, 5.74) is 3.35. The molecule has 30 heavy (non-hydrogen) atoms. The second-order valence-electron chi connectivity index (χ2n) is 7.89. The summed E-state index contributed by atoms with van der Waals surface area (Å²) in [7, 11) is 1.88. The standard InChI is InChI=1S/C22H25ClFN5O/c1-29-12-18(25-10-14-5-3-2-4-6-14)19-21(29)20(28-13-27-19)22(30)26-11-15-7-8-17(24)16(23)9-15/h7-9,12-14,25H,2-6,10-11H2,1H3,(H,26,30). The molecule has 1 fully saturated rings.